The SMILES string of the molecule is COCCNCc1cnc(-c2cc3nccc(Oc4ccc(NC(=O)Nc5cc(C(F)(F)F)ccc5F)cc4F)c3s2)n1C. The van der Waals surface area contributed by atoms with Gasteiger partial charge in [-0.3, -0.25) is 4.98 Å². The quantitative estimate of drug-likeness (QED) is 0.112. The first kappa shape index (κ1) is 30.8. The largest absolute Gasteiger partial charge is 0.453 e. The predicted molar refractivity (Wildman–Crippen MR) is 156 cm³/mol. The van der Waals surface area contributed by atoms with Gasteiger partial charge in [0.05, 0.1) is 44.8 Å². The molecular weight excluding hydrogens is 607 g/mol. The number of halogens is 5. The van der Waals surface area contributed by atoms with E-state index in [-0.39, 0.29) is 11.4 Å². The van der Waals surface area contributed by atoms with Gasteiger partial charge >= 0.3 is 12.2 Å². The van der Waals surface area contributed by atoms with Crippen LogP contribution in [-0.4, -0.2) is 40.8 Å². The molecule has 0 aliphatic heterocycles. The smallest absolute Gasteiger partial charge is 0.416 e. The number of carbonyl (C=O) groups excluding carboxylic acids is 1. The van der Waals surface area contributed by atoms with Crippen LogP contribution in [0.25, 0.3) is 20.9 Å². The molecule has 0 atom stereocenters. The molecular formula is C29H25F5N6O3S. The Labute approximate surface area is 251 Å². The van der Waals surface area contributed by atoms with Gasteiger partial charge in [0.2, 0.25) is 0 Å². The van der Waals surface area contributed by atoms with Crippen LogP contribution in [0.5, 0.6) is 11.5 Å². The lowest BCUT2D eigenvalue weighted by Gasteiger charge is -2.12. The maximum absolute atomic E-state index is 15.0. The van der Waals surface area contributed by atoms with Crippen molar-refractivity contribution >= 4 is 39.0 Å². The maximum Gasteiger partial charge on any atom is 0.416 e. The number of nitrogens with one attached hydrogen (secondary N) is 3. The molecule has 0 radical (unpaired) electrons. The van der Waals surface area contributed by atoms with Crippen LogP contribution in [0, 0.1) is 11.6 Å². The molecule has 0 saturated heterocycles. The van der Waals surface area contributed by atoms with Crippen molar-refractivity contribution in [3.8, 4) is 22.2 Å². The second-order valence-corrected chi connectivity index (χ2v) is 10.5. The Bertz CT molecular complexity index is 1810. The highest BCUT2D eigenvalue weighted by atomic mass is 32.1. The second kappa shape index (κ2) is 13.0. The lowest BCUT2D eigenvalue weighted by Crippen LogP contribution is -2.20. The molecule has 0 saturated carbocycles. The Morgan fingerprint density at radius 3 is 2.57 bits per heavy atom. The minimum Gasteiger partial charge on any atom is -0.453 e. The molecule has 2 amide bonds. The number of amides is 2. The molecule has 0 fully saturated rings. The Morgan fingerprint density at radius 1 is 1.00 bits per heavy atom. The minimum absolute atomic E-state index is 0.0414. The molecule has 2 aromatic carbocycles. The molecule has 3 aromatic heterocycles. The van der Waals surface area contributed by atoms with Crippen LogP contribution in [0.3, 0.4) is 0 Å². The summed E-state index contributed by atoms with van der Waals surface area (Å²) in [5.41, 5.74) is -0.263. The van der Waals surface area contributed by atoms with Crippen molar-refractivity contribution in [1.82, 2.24) is 19.9 Å². The summed E-state index contributed by atoms with van der Waals surface area (Å²) in [6.45, 7) is 1.90. The van der Waals surface area contributed by atoms with Crippen molar-refractivity contribution in [3.63, 3.8) is 0 Å². The number of ether oxygens (including phenoxy) is 2. The second-order valence-electron chi connectivity index (χ2n) is 9.45. The van der Waals surface area contributed by atoms with E-state index in [9.17, 15) is 22.4 Å². The number of hydrogen-bond donors (Lipinski definition) is 3. The van der Waals surface area contributed by atoms with Crippen LogP contribution < -0.4 is 20.7 Å². The molecule has 230 valence electrons. The average molecular weight is 633 g/mol. The van der Waals surface area contributed by atoms with E-state index in [1.54, 1.807) is 19.4 Å². The topological polar surface area (TPSA) is 102 Å². The standard InChI is InChI=1S/C29H25F5N6O3S/c1-40-18(14-35-9-10-42-2)15-37-27(40)25-13-22-26(44-25)24(7-8-36-22)43-23-6-4-17(12-20(23)31)38-28(41)39-21-11-16(29(32,33)34)3-5-19(21)30/h3-8,11-13,15,35H,9-10,14H2,1-2H3,(H2,38,39,41). The van der Waals surface area contributed by atoms with Crippen LogP contribution >= 0.6 is 11.3 Å². The molecule has 3 heterocycles. The summed E-state index contributed by atoms with van der Waals surface area (Å²) in [6, 6.07) is 7.57. The summed E-state index contributed by atoms with van der Waals surface area (Å²) in [5.74, 6) is -0.971. The number of pyridine rings is 1. The number of benzene rings is 2. The molecule has 5 rings (SSSR count). The predicted octanol–water partition coefficient (Wildman–Crippen LogP) is 7.17. The number of anilines is 2. The highest BCUT2D eigenvalue weighted by Gasteiger charge is 2.31. The summed E-state index contributed by atoms with van der Waals surface area (Å²) < 4.78 is 81.4. The van der Waals surface area contributed by atoms with Crippen LogP contribution in [0.4, 0.5) is 38.1 Å². The molecule has 5 aromatic rings. The van der Waals surface area contributed by atoms with Crippen LogP contribution in [0.1, 0.15) is 11.3 Å². The third-order valence-electron chi connectivity index (χ3n) is 6.42. The Hall–Kier alpha value is -4.60. The van der Waals surface area contributed by atoms with E-state index in [2.05, 4.69) is 20.6 Å². The van der Waals surface area contributed by atoms with E-state index >= 15 is 4.39 Å². The number of fused-ring (bicyclic) bond motifs is 1. The number of methoxy groups -OCH3 is 1. The lowest BCUT2D eigenvalue weighted by molar-refractivity contribution is -0.137. The molecule has 0 bridgehead atoms. The maximum atomic E-state index is 15.0. The molecule has 3 N–H and O–H groups in total. The van der Waals surface area contributed by atoms with Gasteiger partial charge in [0, 0.05) is 51.3 Å². The van der Waals surface area contributed by atoms with Gasteiger partial charge in [-0.1, -0.05) is 0 Å². The Kier molecular flexibility index (Phi) is 9.08. The summed E-state index contributed by atoms with van der Waals surface area (Å²) in [6.07, 6.45) is -1.41. The van der Waals surface area contributed by atoms with E-state index in [1.165, 1.54) is 29.7 Å². The van der Waals surface area contributed by atoms with E-state index in [4.69, 9.17) is 9.47 Å². The summed E-state index contributed by atoms with van der Waals surface area (Å²) in [4.78, 5) is 22.1. The van der Waals surface area contributed by atoms with Gasteiger partial charge in [-0.2, -0.15) is 13.2 Å². The number of hydrogen-bond acceptors (Lipinski definition) is 7. The van der Waals surface area contributed by atoms with Gasteiger partial charge in [-0.05, 0) is 36.4 Å². The highest BCUT2D eigenvalue weighted by Crippen LogP contribution is 2.39. The fourth-order valence-corrected chi connectivity index (χ4v) is 5.29. The Morgan fingerprint density at radius 2 is 1.82 bits per heavy atom. The van der Waals surface area contributed by atoms with Gasteiger partial charge in [0.1, 0.15) is 17.4 Å². The number of rotatable bonds is 10. The molecule has 0 aliphatic carbocycles. The first-order valence-electron chi connectivity index (χ1n) is 13.0. The third-order valence-corrected chi connectivity index (χ3v) is 7.56. The fraction of sp³-hybridized carbons (Fsp3) is 0.207. The average Bonchev–Trinajstić information content (AvgIpc) is 3.57. The number of urea groups is 1. The monoisotopic (exact) mass is 632 g/mol. The zero-order chi connectivity index (χ0) is 31.4. The van der Waals surface area contributed by atoms with Gasteiger partial charge in [0.15, 0.2) is 11.6 Å². The fourth-order valence-electron chi connectivity index (χ4n) is 4.20. The van der Waals surface area contributed by atoms with E-state index in [1.807, 2.05) is 23.0 Å². The van der Waals surface area contributed by atoms with E-state index < -0.39 is 35.1 Å². The van der Waals surface area contributed by atoms with Gasteiger partial charge in [0.25, 0.3) is 0 Å². The number of imidazole rings is 1. The molecule has 0 unspecified atom stereocenters. The van der Waals surface area contributed by atoms with Crippen LogP contribution in [-0.2, 0) is 24.5 Å². The van der Waals surface area contributed by atoms with Crippen LogP contribution in [0.2, 0.25) is 0 Å². The first-order chi connectivity index (χ1) is 21.0. The zero-order valence-electron chi connectivity index (χ0n) is 23.3. The van der Waals surface area contributed by atoms with Crippen molar-refractivity contribution < 1.29 is 36.2 Å². The van der Waals surface area contributed by atoms with E-state index in [0.29, 0.717) is 53.9 Å². The number of aromatic nitrogens is 3. The van der Waals surface area contributed by atoms with Crippen molar-refractivity contribution in [2.45, 2.75) is 12.7 Å². The molecule has 15 heteroatoms. The Balaban J connectivity index is 1.29. The number of thiophene rings is 1. The van der Waals surface area contributed by atoms with E-state index in [0.717, 1.165) is 22.5 Å². The summed E-state index contributed by atoms with van der Waals surface area (Å²) in [5, 5.41) is 7.55. The zero-order valence-corrected chi connectivity index (χ0v) is 24.1. The van der Waals surface area contributed by atoms with Crippen molar-refractivity contribution in [2.24, 2.45) is 7.05 Å². The lowest BCUT2D eigenvalue weighted by atomic mass is 10.2. The summed E-state index contributed by atoms with van der Waals surface area (Å²) in [7, 11) is 3.55. The van der Waals surface area contributed by atoms with Crippen LogP contribution in [0.15, 0.2) is 60.9 Å². The molecule has 44 heavy (non-hydrogen) atoms. The molecule has 0 aliphatic rings. The van der Waals surface area contributed by atoms with Gasteiger partial charge in [-0.15, -0.1) is 11.3 Å². The van der Waals surface area contributed by atoms with Crippen molar-refractivity contribution in [1.29, 1.82) is 0 Å². The van der Waals surface area contributed by atoms with Crippen molar-refractivity contribution in [2.75, 3.05) is 30.9 Å². The number of carbonyl (C=O) groups is 1. The number of nitrogens with zero attached hydrogens (tertiary/aromatic N) is 3. The minimum atomic E-state index is -4.73. The van der Waals surface area contributed by atoms with Gasteiger partial charge < -0.3 is 30.0 Å². The molecule has 9 nitrogen and oxygen atoms in total. The third kappa shape index (κ3) is 6.96. The van der Waals surface area contributed by atoms with Crippen molar-refractivity contribution in [3.05, 3.63) is 83.8 Å². The first-order valence-corrected chi connectivity index (χ1v) is 13.9. The number of alkyl halides is 3. The van der Waals surface area contributed by atoms with Gasteiger partial charge in [-0.25, -0.2) is 18.6 Å². The normalized spacial score (nSPS) is 11.6. The molecule has 0 spiro atoms. The summed E-state index contributed by atoms with van der Waals surface area (Å²) >= 11 is 1.38. The highest BCUT2D eigenvalue weighted by molar-refractivity contribution is 7.22.